The summed E-state index contributed by atoms with van der Waals surface area (Å²) in [6.45, 7) is 6.09. The lowest BCUT2D eigenvalue weighted by molar-refractivity contribution is -0.119. The third-order valence-electron chi connectivity index (χ3n) is 6.00. The van der Waals surface area contributed by atoms with Gasteiger partial charge in [0, 0.05) is 42.9 Å². The molecule has 1 aromatic carbocycles. The van der Waals surface area contributed by atoms with Crippen molar-refractivity contribution in [3.05, 3.63) is 65.2 Å². The Morgan fingerprint density at radius 3 is 2.81 bits per heavy atom. The average Bonchev–Trinajstić information content (AvgIpc) is 2.78. The number of benzene rings is 1. The molecule has 3 heterocycles. The van der Waals surface area contributed by atoms with Crippen molar-refractivity contribution in [2.75, 3.05) is 37.7 Å². The molecule has 0 radical (unpaired) electrons. The summed E-state index contributed by atoms with van der Waals surface area (Å²) in [6.07, 6.45) is 10.7. The minimum atomic E-state index is -0.0849. The molecule has 0 saturated carbocycles. The fourth-order valence-electron chi connectivity index (χ4n) is 4.39. The molecule has 4 rings (SSSR count). The molecule has 7 heteroatoms. The van der Waals surface area contributed by atoms with Gasteiger partial charge in [-0.25, -0.2) is 0 Å². The normalized spacial score (nSPS) is 24.6. The van der Waals surface area contributed by atoms with Crippen LogP contribution < -0.4 is 15.5 Å². The van der Waals surface area contributed by atoms with Crippen molar-refractivity contribution < 1.29 is 9.53 Å². The number of anilines is 1. The summed E-state index contributed by atoms with van der Waals surface area (Å²) < 4.78 is 6.31. The summed E-state index contributed by atoms with van der Waals surface area (Å²) in [5.41, 5.74) is 1.84. The Hall–Kier alpha value is -2.44. The Bertz CT molecular complexity index is 876. The highest BCUT2D eigenvalue weighted by Gasteiger charge is 2.33. The van der Waals surface area contributed by atoms with E-state index < -0.39 is 0 Å². The first-order chi connectivity index (χ1) is 15.1. The van der Waals surface area contributed by atoms with Crippen molar-refractivity contribution in [3.63, 3.8) is 0 Å². The molecule has 6 nitrogen and oxygen atoms in total. The minimum Gasteiger partial charge on any atom is -0.484 e. The van der Waals surface area contributed by atoms with Crippen LogP contribution in [-0.4, -0.2) is 55.7 Å². The van der Waals surface area contributed by atoms with Crippen molar-refractivity contribution in [2.24, 2.45) is 0 Å². The first kappa shape index (κ1) is 21.8. The summed E-state index contributed by atoms with van der Waals surface area (Å²) >= 11 is 6.26. The van der Waals surface area contributed by atoms with Crippen molar-refractivity contribution in [2.45, 2.75) is 38.3 Å². The Labute approximate surface area is 189 Å². The summed E-state index contributed by atoms with van der Waals surface area (Å²) in [5, 5.41) is 7.29. The number of allylic oxidation sites excluding steroid dienone is 3. The lowest BCUT2D eigenvalue weighted by atomic mass is 10.0. The molecule has 0 bridgehead atoms. The Morgan fingerprint density at radius 1 is 1.23 bits per heavy atom. The lowest BCUT2D eigenvalue weighted by Gasteiger charge is -2.37. The molecule has 166 valence electrons. The van der Waals surface area contributed by atoms with Crippen molar-refractivity contribution in [1.29, 1.82) is 0 Å². The van der Waals surface area contributed by atoms with Gasteiger partial charge in [-0.1, -0.05) is 29.8 Å². The third-order valence-corrected chi connectivity index (χ3v) is 6.24. The van der Waals surface area contributed by atoms with Crippen LogP contribution in [0.25, 0.3) is 0 Å². The van der Waals surface area contributed by atoms with Crippen LogP contribution >= 0.6 is 11.6 Å². The highest BCUT2D eigenvalue weighted by atomic mass is 35.5. The van der Waals surface area contributed by atoms with E-state index in [1.807, 2.05) is 47.5 Å². The van der Waals surface area contributed by atoms with Crippen LogP contribution in [0.3, 0.4) is 0 Å². The van der Waals surface area contributed by atoms with E-state index >= 15 is 0 Å². The van der Waals surface area contributed by atoms with Gasteiger partial charge in [-0.05, 0) is 56.7 Å². The van der Waals surface area contributed by atoms with Gasteiger partial charge in [0.1, 0.15) is 6.61 Å². The summed E-state index contributed by atoms with van der Waals surface area (Å²) in [4.78, 5) is 18.1. The highest BCUT2D eigenvalue weighted by molar-refractivity contribution is 6.31. The predicted octanol–water partition coefficient (Wildman–Crippen LogP) is 3.42. The van der Waals surface area contributed by atoms with Gasteiger partial charge in [-0.2, -0.15) is 0 Å². The van der Waals surface area contributed by atoms with Gasteiger partial charge >= 0.3 is 0 Å². The molecule has 2 N–H and O–H groups in total. The SMILES string of the molecule is CC1CCCC(N2CCNCC2)=C(OCC2C=CC=CN2)C(=O)N1c1cccc(Cl)c1. The van der Waals surface area contributed by atoms with E-state index in [9.17, 15) is 4.79 Å². The number of carbonyl (C=O) groups excluding carboxylic acids is 1. The first-order valence-electron chi connectivity index (χ1n) is 11.1. The fourth-order valence-corrected chi connectivity index (χ4v) is 4.57. The minimum absolute atomic E-state index is 0.0389. The highest BCUT2D eigenvalue weighted by Crippen LogP contribution is 2.31. The Balaban J connectivity index is 1.68. The molecule has 0 aromatic heterocycles. The molecule has 1 fully saturated rings. The van der Waals surface area contributed by atoms with E-state index in [4.69, 9.17) is 16.3 Å². The summed E-state index contributed by atoms with van der Waals surface area (Å²) in [7, 11) is 0. The fraction of sp³-hybridized carbons (Fsp3) is 0.458. The molecule has 3 aliphatic heterocycles. The van der Waals surface area contributed by atoms with E-state index in [2.05, 4.69) is 28.5 Å². The van der Waals surface area contributed by atoms with E-state index in [0.717, 1.165) is 56.8 Å². The smallest absolute Gasteiger partial charge is 0.295 e. The zero-order valence-electron chi connectivity index (χ0n) is 18.0. The quantitative estimate of drug-likeness (QED) is 0.731. The second-order valence-electron chi connectivity index (χ2n) is 8.24. The van der Waals surface area contributed by atoms with E-state index in [1.54, 1.807) is 0 Å². The van der Waals surface area contributed by atoms with Crippen molar-refractivity contribution >= 4 is 23.2 Å². The number of rotatable bonds is 5. The van der Waals surface area contributed by atoms with Gasteiger partial charge < -0.3 is 25.2 Å². The number of halogens is 1. The van der Waals surface area contributed by atoms with Crippen LogP contribution in [0, 0.1) is 0 Å². The number of dihydropyridines is 1. The lowest BCUT2D eigenvalue weighted by Crippen LogP contribution is -2.47. The maximum absolute atomic E-state index is 14.0. The topological polar surface area (TPSA) is 56.8 Å². The Kier molecular flexibility index (Phi) is 7.20. The molecule has 2 atom stereocenters. The standard InChI is InChI=1S/C24H31ClN4O2/c1-18-6-4-10-22(28-14-12-26-13-15-28)23(31-17-20-8-2-3-11-27-20)24(30)29(18)21-9-5-7-19(25)16-21/h2-3,5,7-9,11,16,18,20,26-27H,4,6,10,12-15,17H2,1H3. The third kappa shape index (κ3) is 5.25. The molecule has 3 aliphatic rings. The van der Waals surface area contributed by atoms with Gasteiger partial charge in [0.2, 0.25) is 5.76 Å². The van der Waals surface area contributed by atoms with Crippen LogP contribution in [0.1, 0.15) is 26.2 Å². The monoisotopic (exact) mass is 442 g/mol. The molecular formula is C24H31ClN4O2. The van der Waals surface area contributed by atoms with Gasteiger partial charge in [0.25, 0.3) is 5.91 Å². The molecule has 0 spiro atoms. The zero-order chi connectivity index (χ0) is 21.6. The Morgan fingerprint density at radius 2 is 2.06 bits per heavy atom. The number of hydrogen-bond acceptors (Lipinski definition) is 5. The maximum Gasteiger partial charge on any atom is 0.295 e. The molecule has 1 aromatic rings. The van der Waals surface area contributed by atoms with Crippen LogP contribution in [0.5, 0.6) is 0 Å². The number of hydrogen-bond donors (Lipinski definition) is 2. The van der Waals surface area contributed by atoms with Gasteiger partial charge in [-0.3, -0.25) is 4.79 Å². The number of carbonyl (C=O) groups is 1. The maximum atomic E-state index is 14.0. The van der Waals surface area contributed by atoms with Crippen LogP contribution in [0.2, 0.25) is 5.02 Å². The predicted molar refractivity (Wildman–Crippen MR) is 125 cm³/mol. The number of nitrogens with zero attached hydrogens (tertiary/aromatic N) is 2. The van der Waals surface area contributed by atoms with E-state index in [0.29, 0.717) is 17.4 Å². The zero-order valence-corrected chi connectivity index (χ0v) is 18.8. The number of piperazine rings is 1. The van der Waals surface area contributed by atoms with Crippen LogP contribution in [0.15, 0.2) is 60.1 Å². The molecule has 31 heavy (non-hydrogen) atoms. The number of nitrogens with one attached hydrogen (secondary N) is 2. The van der Waals surface area contributed by atoms with Gasteiger partial charge in [0.05, 0.1) is 11.7 Å². The summed E-state index contributed by atoms with van der Waals surface area (Å²) in [5.74, 6) is 0.386. The van der Waals surface area contributed by atoms with Gasteiger partial charge in [0.15, 0.2) is 0 Å². The first-order valence-corrected chi connectivity index (χ1v) is 11.5. The summed E-state index contributed by atoms with van der Waals surface area (Å²) in [6, 6.07) is 7.62. The second-order valence-corrected chi connectivity index (χ2v) is 8.67. The van der Waals surface area contributed by atoms with Crippen LogP contribution in [-0.2, 0) is 9.53 Å². The average molecular weight is 443 g/mol. The second kappa shape index (κ2) is 10.2. The van der Waals surface area contributed by atoms with Crippen LogP contribution in [0.4, 0.5) is 5.69 Å². The molecule has 0 aliphatic carbocycles. The van der Waals surface area contributed by atoms with E-state index in [1.165, 1.54) is 0 Å². The molecule has 1 amide bonds. The van der Waals surface area contributed by atoms with Crippen molar-refractivity contribution in [1.82, 2.24) is 15.5 Å². The molecular weight excluding hydrogens is 412 g/mol. The van der Waals surface area contributed by atoms with Gasteiger partial charge in [-0.15, -0.1) is 0 Å². The van der Waals surface area contributed by atoms with E-state index in [-0.39, 0.29) is 18.0 Å². The number of ether oxygens (including phenoxy) is 1. The molecule has 1 saturated heterocycles. The number of amides is 1. The van der Waals surface area contributed by atoms with Crippen molar-refractivity contribution in [3.8, 4) is 0 Å². The largest absolute Gasteiger partial charge is 0.484 e. The molecule has 2 unspecified atom stereocenters.